The van der Waals surface area contributed by atoms with E-state index in [1.54, 1.807) is 53.1 Å². The number of carbonyl (C=O) groups excluding carboxylic acids is 2. The van der Waals surface area contributed by atoms with Crippen LogP contribution in [-0.4, -0.2) is 43.8 Å². The maximum absolute atomic E-state index is 11.9. The molecule has 6 aromatic rings. The van der Waals surface area contributed by atoms with Crippen molar-refractivity contribution in [1.29, 1.82) is 0 Å². The number of aromatic nitrogens is 4. The molecule has 0 saturated carbocycles. The summed E-state index contributed by atoms with van der Waals surface area (Å²) in [7, 11) is 0. The third-order valence-electron chi connectivity index (χ3n) is 5.59. The molecular weight excluding hydrogens is 579 g/mol. The molecule has 214 valence electrons. The Labute approximate surface area is 251 Å². The number of aldehydes is 1. The number of hydrogen-bond acceptors (Lipinski definition) is 7. The normalized spacial score (nSPS) is 10.2. The van der Waals surface area contributed by atoms with Crippen LogP contribution in [0.2, 0.25) is 0 Å². The number of halogens is 2. The van der Waals surface area contributed by atoms with E-state index in [-0.39, 0.29) is 11.0 Å². The first kappa shape index (κ1) is 30.1. The number of para-hydroxylation sites is 2. The number of benzene rings is 2. The number of nitrogens with zero attached hydrogens (tertiary/aromatic N) is 4. The zero-order chi connectivity index (χ0) is 29.7. The molecule has 4 heterocycles. The van der Waals surface area contributed by atoms with Crippen molar-refractivity contribution in [2.24, 2.45) is 0 Å². The predicted molar refractivity (Wildman–Crippen MR) is 160 cm³/mol. The molecule has 0 aliphatic heterocycles. The lowest BCUT2D eigenvalue weighted by atomic mass is 10.2. The third-order valence-corrected chi connectivity index (χ3v) is 5.59. The quantitative estimate of drug-likeness (QED) is 0.104. The monoisotopic (exact) mass is 604 g/mol. The number of ether oxygens (including phenoxy) is 1. The minimum absolute atomic E-state index is 0.194. The Morgan fingerprint density at radius 1 is 0.786 bits per heavy atom. The number of hydrogen-bond donors (Lipinski definition) is 0. The first-order chi connectivity index (χ1) is 20.6. The molecular formula is C31H26Cl2N4O5. The Hall–Kier alpha value is -4.86. The molecule has 0 amide bonds. The lowest BCUT2D eigenvalue weighted by Crippen LogP contribution is -2.06. The maximum atomic E-state index is 11.9. The van der Waals surface area contributed by atoms with Crippen molar-refractivity contribution < 1.29 is 23.2 Å². The Kier molecular flexibility index (Phi) is 10.9. The minimum Gasteiger partial charge on any atom is -0.463 e. The van der Waals surface area contributed by atoms with Gasteiger partial charge in [-0.25, -0.2) is 14.2 Å². The van der Waals surface area contributed by atoms with Gasteiger partial charge in [-0.2, -0.15) is 10.2 Å². The zero-order valence-corrected chi connectivity index (χ0v) is 24.0. The minimum atomic E-state index is -0.444. The zero-order valence-electron chi connectivity index (χ0n) is 22.5. The van der Waals surface area contributed by atoms with Gasteiger partial charge in [0.25, 0.3) is 0 Å². The smallest absolute Gasteiger partial charge is 0.358 e. The lowest BCUT2D eigenvalue weighted by Gasteiger charge is -2.04. The van der Waals surface area contributed by atoms with Crippen molar-refractivity contribution in [1.82, 2.24) is 19.6 Å². The highest BCUT2D eigenvalue weighted by Crippen LogP contribution is 2.25. The Balaban J connectivity index is 0.000000178. The highest BCUT2D eigenvalue weighted by Gasteiger charge is 2.19. The molecule has 0 saturated heterocycles. The number of alkyl halides is 2. The molecule has 0 atom stereocenters. The fraction of sp³-hybridized carbons (Fsp3) is 0.0968. The van der Waals surface area contributed by atoms with Gasteiger partial charge >= 0.3 is 5.97 Å². The number of rotatable bonds is 7. The fourth-order valence-electron chi connectivity index (χ4n) is 3.87. The van der Waals surface area contributed by atoms with Gasteiger partial charge < -0.3 is 13.6 Å². The number of furan rings is 2. The molecule has 0 N–H and O–H groups in total. The molecule has 9 nitrogen and oxygen atoms in total. The summed E-state index contributed by atoms with van der Waals surface area (Å²) < 4.78 is 19.2. The van der Waals surface area contributed by atoms with Gasteiger partial charge in [0.1, 0.15) is 17.1 Å². The van der Waals surface area contributed by atoms with Crippen LogP contribution in [-0.2, 0) is 4.74 Å². The van der Waals surface area contributed by atoms with Crippen LogP contribution in [0.5, 0.6) is 0 Å². The summed E-state index contributed by atoms with van der Waals surface area (Å²) in [6.45, 7) is 2.08. The van der Waals surface area contributed by atoms with Gasteiger partial charge in [0, 0.05) is 6.07 Å². The molecule has 0 aliphatic rings. The summed E-state index contributed by atoms with van der Waals surface area (Å²) in [4.78, 5) is 22.7. The molecule has 0 radical (unpaired) electrons. The molecule has 2 aromatic carbocycles. The van der Waals surface area contributed by atoms with E-state index in [9.17, 15) is 9.59 Å². The van der Waals surface area contributed by atoms with Crippen molar-refractivity contribution in [3.8, 4) is 34.3 Å². The average Bonchev–Trinajstić information content (AvgIpc) is 3.85. The van der Waals surface area contributed by atoms with Crippen molar-refractivity contribution in [2.45, 2.75) is 6.92 Å². The lowest BCUT2D eigenvalue weighted by molar-refractivity contribution is 0.0519. The standard InChI is InChI=1S/C16H14N2O3.C14H10N2O2.CH2Cl2/c1-2-20-16(19)13-11-14(15-9-6-10-21-15)18(17-13)12-7-4-3-5-8-12;17-10-11-9-13(14-7-4-8-18-14)16(15-11)12-5-2-1-3-6-12;2-1-3/h3-11H,2H2,1H3;1-10H;1H2. The summed E-state index contributed by atoms with van der Waals surface area (Å²) >= 11 is 9.53. The molecule has 11 heteroatoms. The average molecular weight is 605 g/mol. The Morgan fingerprint density at radius 3 is 1.74 bits per heavy atom. The second-order valence-corrected chi connectivity index (χ2v) is 9.07. The van der Waals surface area contributed by atoms with E-state index in [1.807, 2.05) is 72.8 Å². The summed E-state index contributed by atoms with van der Waals surface area (Å²) in [6.07, 6.45) is 3.91. The summed E-state index contributed by atoms with van der Waals surface area (Å²) in [5.41, 5.74) is 3.83. The van der Waals surface area contributed by atoms with Gasteiger partial charge in [-0.1, -0.05) is 36.4 Å². The molecule has 0 unspecified atom stereocenters. The van der Waals surface area contributed by atoms with E-state index in [0.29, 0.717) is 29.5 Å². The predicted octanol–water partition coefficient (Wildman–Crippen LogP) is 7.68. The molecule has 0 fully saturated rings. The fourth-order valence-corrected chi connectivity index (χ4v) is 3.87. The first-order valence-corrected chi connectivity index (χ1v) is 13.8. The van der Waals surface area contributed by atoms with Crippen molar-refractivity contribution in [3.05, 3.63) is 121 Å². The van der Waals surface area contributed by atoms with Gasteiger partial charge in [-0.15, -0.1) is 23.2 Å². The number of carbonyl (C=O) groups is 2. The van der Waals surface area contributed by atoms with E-state index in [2.05, 4.69) is 10.2 Å². The molecule has 42 heavy (non-hydrogen) atoms. The van der Waals surface area contributed by atoms with Gasteiger partial charge in [0.2, 0.25) is 0 Å². The van der Waals surface area contributed by atoms with Crippen molar-refractivity contribution >= 4 is 35.5 Å². The van der Waals surface area contributed by atoms with Crippen LogP contribution in [0.25, 0.3) is 34.3 Å². The van der Waals surface area contributed by atoms with E-state index in [1.165, 1.54) is 0 Å². The van der Waals surface area contributed by atoms with Crippen LogP contribution in [0.15, 0.2) is 118 Å². The summed E-state index contributed by atoms with van der Waals surface area (Å²) in [6, 6.07) is 29.8. The maximum Gasteiger partial charge on any atom is 0.358 e. The second-order valence-electron chi connectivity index (χ2n) is 8.26. The van der Waals surface area contributed by atoms with Crippen molar-refractivity contribution in [3.63, 3.8) is 0 Å². The van der Waals surface area contributed by atoms with E-state index < -0.39 is 5.97 Å². The molecule has 4 aromatic heterocycles. The van der Waals surface area contributed by atoms with E-state index in [4.69, 9.17) is 36.8 Å². The highest BCUT2D eigenvalue weighted by molar-refractivity contribution is 6.40. The van der Waals surface area contributed by atoms with Crippen LogP contribution in [0.3, 0.4) is 0 Å². The molecule has 6 rings (SSSR count). The van der Waals surface area contributed by atoms with E-state index in [0.717, 1.165) is 23.4 Å². The third kappa shape index (κ3) is 7.45. The summed E-state index contributed by atoms with van der Waals surface area (Å²) in [5.74, 6) is 0.876. The highest BCUT2D eigenvalue weighted by atomic mass is 35.5. The van der Waals surface area contributed by atoms with Crippen LogP contribution >= 0.6 is 23.2 Å². The van der Waals surface area contributed by atoms with Crippen LogP contribution in [0.1, 0.15) is 27.9 Å². The number of esters is 1. The second kappa shape index (κ2) is 15.2. The topological polar surface area (TPSA) is 105 Å². The molecule has 0 spiro atoms. The Bertz CT molecular complexity index is 1660. The van der Waals surface area contributed by atoms with Gasteiger partial charge in [0.05, 0.1) is 35.8 Å². The Morgan fingerprint density at radius 2 is 1.29 bits per heavy atom. The van der Waals surface area contributed by atoms with Gasteiger partial charge in [-0.3, -0.25) is 4.79 Å². The van der Waals surface area contributed by atoms with Gasteiger partial charge in [-0.05, 0) is 61.5 Å². The SMILES string of the molecule is CCOC(=O)c1cc(-c2ccco2)n(-c2ccccc2)n1.ClCCl.O=Cc1cc(-c2ccco2)n(-c2ccccc2)n1. The molecule has 0 aliphatic carbocycles. The van der Waals surface area contributed by atoms with Crippen LogP contribution < -0.4 is 0 Å². The first-order valence-electron chi connectivity index (χ1n) is 12.7. The van der Waals surface area contributed by atoms with Crippen LogP contribution in [0, 0.1) is 0 Å². The van der Waals surface area contributed by atoms with Crippen molar-refractivity contribution in [2.75, 3.05) is 11.9 Å². The van der Waals surface area contributed by atoms with Crippen LogP contribution in [0.4, 0.5) is 0 Å². The largest absolute Gasteiger partial charge is 0.463 e. The molecule has 0 bridgehead atoms. The van der Waals surface area contributed by atoms with E-state index >= 15 is 0 Å². The van der Waals surface area contributed by atoms with Gasteiger partial charge in [0.15, 0.2) is 23.5 Å². The summed E-state index contributed by atoms with van der Waals surface area (Å²) in [5, 5.41) is 8.78.